The third kappa shape index (κ3) is 7.58. The van der Waals surface area contributed by atoms with Crippen LogP contribution in [0.1, 0.15) is 13.2 Å². The van der Waals surface area contributed by atoms with Crippen molar-refractivity contribution in [3.05, 3.63) is 22.7 Å². The number of rotatable bonds is 10. The van der Waals surface area contributed by atoms with Gasteiger partial charge in [-0.25, -0.2) is 18.3 Å². The zero-order chi connectivity index (χ0) is 20.1. The molecule has 0 fully saturated rings. The molecule has 16 heteroatoms. The van der Waals surface area contributed by atoms with Crippen LogP contribution >= 0.6 is 15.6 Å². The Morgan fingerprint density at radius 3 is 2.50 bits per heavy atom. The normalized spacial score (nSPS) is 18.1. The number of aliphatic hydroxyl groups excluding tert-OH is 1. The van der Waals surface area contributed by atoms with Crippen molar-refractivity contribution in [1.29, 1.82) is 0 Å². The number of phosphoric acid groups is 2. The van der Waals surface area contributed by atoms with Crippen molar-refractivity contribution in [3.63, 3.8) is 0 Å². The lowest BCUT2D eigenvalue weighted by molar-refractivity contribution is -0.120. The van der Waals surface area contributed by atoms with E-state index in [9.17, 15) is 28.3 Å². The van der Waals surface area contributed by atoms with Crippen molar-refractivity contribution in [2.24, 2.45) is 0 Å². The molecular formula is C10H18FN3O10P2. The molecule has 0 radical (unpaired) electrons. The highest BCUT2D eigenvalue weighted by molar-refractivity contribution is 7.60. The van der Waals surface area contributed by atoms with Gasteiger partial charge in [0.2, 0.25) is 0 Å². The van der Waals surface area contributed by atoms with Crippen LogP contribution in [0.15, 0.2) is 17.1 Å². The van der Waals surface area contributed by atoms with E-state index in [1.807, 2.05) is 0 Å². The number of halogens is 1. The number of aliphatic hydroxyl groups is 1. The van der Waals surface area contributed by atoms with Crippen LogP contribution in [0.2, 0.25) is 0 Å². The van der Waals surface area contributed by atoms with E-state index in [-0.39, 0.29) is 5.82 Å². The first-order valence-electron chi connectivity index (χ1n) is 6.83. The van der Waals surface area contributed by atoms with Crippen LogP contribution in [0.4, 0.5) is 10.2 Å². The van der Waals surface area contributed by atoms with Gasteiger partial charge in [0, 0.05) is 6.20 Å². The fourth-order valence-corrected chi connectivity index (χ4v) is 3.29. The second-order valence-corrected chi connectivity index (χ2v) is 7.70. The summed E-state index contributed by atoms with van der Waals surface area (Å²) in [4.78, 5) is 41.3. The average Bonchev–Trinajstić information content (AvgIpc) is 2.48. The number of anilines is 1. The number of nitrogen functional groups attached to an aromatic ring is 1. The molecule has 26 heavy (non-hydrogen) atoms. The maximum Gasteiger partial charge on any atom is 0.481 e. The highest BCUT2D eigenvalue weighted by Crippen LogP contribution is 2.57. The van der Waals surface area contributed by atoms with Crippen molar-refractivity contribution < 1.29 is 46.9 Å². The molecule has 0 saturated carbocycles. The summed E-state index contributed by atoms with van der Waals surface area (Å²) in [6, 6.07) is 1.27. The summed E-state index contributed by atoms with van der Waals surface area (Å²) in [5, 5.41) is 9.59. The van der Waals surface area contributed by atoms with Crippen LogP contribution in [0.3, 0.4) is 0 Å². The van der Waals surface area contributed by atoms with E-state index >= 15 is 0 Å². The number of phosphoric ester groups is 1. The van der Waals surface area contributed by atoms with Gasteiger partial charge in [-0.05, 0) is 13.0 Å². The molecule has 6 N–H and O–H groups in total. The maximum absolute atomic E-state index is 12.7. The van der Waals surface area contributed by atoms with Gasteiger partial charge in [0.25, 0.3) is 0 Å². The standard InChI is InChI=1S/C10H18FN3O10P2/c1-6(14-3-2-9(12)13-10(14)16)23-8(7(15)4-11)5-22-26(20,21)24-25(17,18)19/h2-3,6-8,15H,4-5H2,1H3,(H,20,21)(H2,12,13,16)(H2,17,18,19)/t6?,7?,8-/m1/s1. The second-order valence-electron chi connectivity index (χ2n) is 4.87. The van der Waals surface area contributed by atoms with Crippen molar-refractivity contribution >= 4 is 21.5 Å². The Morgan fingerprint density at radius 1 is 1.38 bits per heavy atom. The molecule has 0 spiro atoms. The summed E-state index contributed by atoms with van der Waals surface area (Å²) in [6.45, 7) is -1.01. The van der Waals surface area contributed by atoms with E-state index in [2.05, 4.69) is 13.8 Å². The quantitative estimate of drug-likeness (QED) is 0.297. The van der Waals surface area contributed by atoms with Gasteiger partial charge in [-0.1, -0.05) is 0 Å². The molecule has 3 unspecified atom stereocenters. The monoisotopic (exact) mass is 421 g/mol. The number of nitrogens with zero attached hydrogens (tertiary/aromatic N) is 2. The predicted molar refractivity (Wildman–Crippen MR) is 83.4 cm³/mol. The van der Waals surface area contributed by atoms with Gasteiger partial charge in [0.05, 0.1) is 6.61 Å². The van der Waals surface area contributed by atoms with Crippen molar-refractivity contribution in [2.45, 2.75) is 25.4 Å². The molecule has 0 saturated heterocycles. The Morgan fingerprint density at radius 2 is 2.00 bits per heavy atom. The van der Waals surface area contributed by atoms with Crippen LogP contribution in [0.25, 0.3) is 0 Å². The fourth-order valence-electron chi connectivity index (χ4n) is 1.69. The average molecular weight is 421 g/mol. The van der Waals surface area contributed by atoms with E-state index in [4.69, 9.17) is 20.3 Å². The second kappa shape index (κ2) is 9.13. The van der Waals surface area contributed by atoms with E-state index < -0.39 is 53.1 Å². The molecule has 1 heterocycles. The molecule has 0 amide bonds. The summed E-state index contributed by atoms with van der Waals surface area (Å²) in [5.41, 5.74) is 4.52. The van der Waals surface area contributed by atoms with Gasteiger partial charge in [-0.3, -0.25) is 9.09 Å². The van der Waals surface area contributed by atoms with Gasteiger partial charge >= 0.3 is 21.3 Å². The summed E-state index contributed by atoms with van der Waals surface area (Å²) in [6.07, 6.45) is -3.36. The topological polar surface area (TPSA) is 204 Å². The van der Waals surface area contributed by atoms with Gasteiger partial charge in [0.15, 0.2) is 0 Å². The van der Waals surface area contributed by atoms with Crippen LogP contribution in [0.5, 0.6) is 0 Å². The van der Waals surface area contributed by atoms with E-state index in [0.29, 0.717) is 0 Å². The van der Waals surface area contributed by atoms with Crippen LogP contribution in [-0.4, -0.2) is 54.8 Å². The number of hydrogen-bond acceptors (Lipinski definition) is 9. The Bertz CT molecular complexity index is 755. The molecule has 0 bridgehead atoms. The molecule has 13 nitrogen and oxygen atoms in total. The Labute approximate surface area is 146 Å². The lowest BCUT2D eigenvalue weighted by Gasteiger charge is -2.26. The Balaban J connectivity index is 2.86. The molecule has 1 aromatic rings. The Hall–Kier alpha value is -1.21. The third-order valence-corrected chi connectivity index (χ3v) is 4.97. The first-order chi connectivity index (χ1) is 11.8. The van der Waals surface area contributed by atoms with Crippen molar-refractivity contribution in [3.8, 4) is 0 Å². The minimum Gasteiger partial charge on any atom is -0.388 e. The highest BCUT2D eigenvalue weighted by Gasteiger charge is 2.35. The SMILES string of the molecule is CC(O[C@H](COP(=O)(O)OP(=O)(O)O)C(O)CF)n1ccc(N)nc1=O. The van der Waals surface area contributed by atoms with E-state index in [0.717, 1.165) is 4.57 Å². The first-order valence-corrected chi connectivity index (χ1v) is 9.85. The summed E-state index contributed by atoms with van der Waals surface area (Å²) in [5.74, 6) is -0.0575. The minimum absolute atomic E-state index is 0.0575. The fraction of sp³-hybridized carbons (Fsp3) is 0.600. The molecule has 0 aromatic carbocycles. The van der Waals surface area contributed by atoms with E-state index in [1.54, 1.807) is 0 Å². The van der Waals surface area contributed by atoms with Crippen molar-refractivity contribution in [1.82, 2.24) is 9.55 Å². The molecule has 1 rings (SSSR count). The number of aromatic nitrogens is 2. The minimum atomic E-state index is -5.35. The lowest BCUT2D eigenvalue weighted by Crippen LogP contribution is -2.38. The number of alkyl halides is 1. The van der Waals surface area contributed by atoms with Crippen LogP contribution < -0.4 is 11.4 Å². The van der Waals surface area contributed by atoms with Crippen LogP contribution in [-0.2, 0) is 22.7 Å². The molecular weight excluding hydrogens is 403 g/mol. The maximum atomic E-state index is 12.7. The third-order valence-electron chi connectivity index (χ3n) is 2.81. The molecule has 4 atom stereocenters. The summed E-state index contributed by atoms with van der Waals surface area (Å²) in [7, 11) is -10.6. The molecule has 150 valence electrons. The molecule has 0 aliphatic heterocycles. The van der Waals surface area contributed by atoms with Gasteiger partial charge in [-0.15, -0.1) is 0 Å². The number of hydrogen-bond donors (Lipinski definition) is 5. The lowest BCUT2D eigenvalue weighted by atomic mass is 10.2. The van der Waals surface area contributed by atoms with Crippen molar-refractivity contribution in [2.75, 3.05) is 19.0 Å². The first kappa shape index (κ1) is 22.8. The number of nitrogens with two attached hydrogens (primary N) is 1. The molecule has 0 aliphatic carbocycles. The highest BCUT2D eigenvalue weighted by atomic mass is 31.3. The summed E-state index contributed by atoms with van der Waals surface area (Å²) >= 11 is 0. The van der Waals surface area contributed by atoms with Gasteiger partial charge < -0.3 is 30.3 Å². The van der Waals surface area contributed by atoms with Gasteiger partial charge in [0.1, 0.15) is 30.9 Å². The largest absolute Gasteiger partial charge is 0.481 e. The Kier molecular flexibility index (Phi) is 8.02. The smallest absolute Gasteiger partial charge is 0.388 e. The van der Waals surface area contributed by atoms with Crippen LogP contribution in [0, 0.1) is 0 Å². The number of ether oxygens (including phenoxy) is 1. The zero-order valence-electron chi connectivity index (χ0n) is 13.3. The summed E-state index contributed by atoms with van der Waals surface area (Å²) < 4.78 is 48.7. The van der Waals surface area contributed by atoms with Gasteiger partial charge in [-0.2, -0.15) is 9.29 Å². The molecule has 1 aromatic heterocycles. The predicted octanol–water partition coefficient (Wildman–Crippen LogP) is -0.714. The zero-order valence-corrected chi connectivity index (χ0v) is 15.1. The van der Waals surface area contributed by atoms with E-state index in [1.165, 1.54) is 19.2 Å². The molecule has 0 aliphatic rings.